The molecule has 2 N–H and O–H groups in total. The van der Waals surface area contributed by atoms with Gasteiger partial charge >= 0.3 is 0 Å². The van der Waals surface area contributed by atoms with Crippen LogP contribution in [0.15, 0.2) is 18.2 Å². The number of nitrogens with two attached hydrogens (primary N) is 1. The maximum atomic E-state index is 13.9. The highest BCUT2D eigenvalue weighted by molar-refractivity contribution is 5.24. The first-order valence-corrected chi connectivity index (χ1v) is 6.80. The summed E-state index contributed by atoms with van der Waals surface area (Å²) in [6, 6.07) is 3.75. The van der Waals surface area contributed by atoms with Gasteiger partial charge in [0.2, 0.25) is 0 Å². The Hall–Kier alpha value is -0.960. The summed E-state index contributed by atoms with van der Waals surface area (Å²) in [5, 5.41) is 0. The zero-order chi connectivity index (χ0) is 13.1. The van der Waals surface area contributed by atoms with Gasteiger partial charge in [0, 0.05) is 0 Å². The van der Waals surface area contributed by atoms with Crippen molar-refractivity contribution in [2.24, 2.45) is 17.6 Å². The van der Waals surface area contributed by atoms with E-state index in [1.807, 2.05) is 0 Å². The average Bonchev–Trinajstić information content (AvgIpc) is 2.40. The number of hydrogen-bond donors (Lipinski definition) is 1. The fraction of sp³-hybridized carbons (Fsp3) is 0.600. The Kier molecular flexibility index (Phi) is 4.33. The molecule has 0 heterocycles. The van der Waals surface area contributed by atoms with Gasteiger partial charge < -0.3 is 5.73 Å². The second-order valence-corrected chi connectivity index (χ2v) is 5.36. The maximum absolute atomic E-state index is 13.9. The molecule has 1 aliphatic rings. The van der Waals surface area contributed by atoms with E-state index >= 15 is 0 Å². The molecule has 1 aromatic rings. The summed E-state index contributed by atoms with van der Waals surface area (Å²) in [4.78, 5) is 0. The smallest absolute Gasteiger partial charge is 0.126 e. The molecule has 1 fully saturated rings. The van der Waals surface area contributed by atoms with Gasteiger partial charge in [0.05, 0.1) is 0 Å². The predicted molar refractivity (Wildman–Crippen MR) is 69.3 cm³/mol. The number of benzene rings is 1. The Morgan fingerprint density at radius 1 is 1.28 bits per heavy atom. The third kappa shape index (κ3) is 2.72. The molecular weight excluding hydrogens is 232 g/mol. The third-order valence-electron chi connectivity index (χ3n) is 4.34. The van der Waals surface area contributed by atoms with E-state index in [1.165, 1.54) is 18.2 Å². The van der Waals surface area contributed by atoms with Crippen molar-refractivity contribution in [2.75, 3.05) is 6.54 Å². The lowest BCUT2D eigenvalue weighted by atomic mass is 9.70. The highest BCUT2D eigenvalue weighted by atomic mass is 19.1. The molecule has 0 amide bonds. The summed E-state index contributed by atoms with van der Waals surface area (Å²) in [5.41, 5.74) is 6.31. The summed E-state index contributed by atoms with van der Waals surface area (Å²) in [7, 11) is 0. The van der Waals surface area contributed by atoms with Crippen LogP contribution in [0.5, 0.6) is 0 Å². The van der Waals surface area contributed by atoms with Crippen molar-refractivity contribution in [1.29, 1.82) is 0 Å². The lowest BCUT2D eigenvalue weighted by Crippen LogP contribution is -2.29. The summed E-state index contributed by atoms with van der Waals surface area (Å²) in [6.07, 6.45) is 4.21. The predicted octanol–water partition coefficient (Wildman–Crippen LogP) is 3.83. The molecule has 3 unspecified atom stereocenters. The first-order chi connectivity index (χ1) is 8.65. The zero-order valence-corrected chi connectivity index (χ0v) is 10.8. The quantitative estimate of drug-likeness (QED) is 0.870. The number of hydrogen-bond acceptors (Lipinski definition) is 1. The van der Waals surface area contributed by atoms with Gasteiger partial charge in [-0.15, -0.1) is 0 Å². The van der Waals surface area contributed by atoms with Crippen LogP contribution in [0.3, 0.4) is 0 Å². The lowest BCUT2D eigenvalue weighted by molar-refractivity contribution is 0.232. The molecule has 1 aliphatic carbocycles. The van der Waals surface area contributed by atoms with Crippen LogP contribution < -0.4 is 5.73 Å². The molecule has 0 spiro atoms. The number of halogens is 2. The monoisotopic (exact) mass is 253 g/mol. The van der Waals surface area contributed by atoms with Crippen LogP contribution in [0.4, 0.5) is 8.78 Å². The molecule has 2 rings (SSSR count). The minimum Gasteiger partial charge on any atom is -0.330 e. The van der Waals surface area contributed by atoms with Gasteiger partial charge in [-0.25, -0.2) is 8.78 Å². The van der Waals surface area contributed by atoms with Crippen LogP contribution in [0.1, 0.15) is 44.1 Å². The van der Waals surface area contributed by atoms with Crippen molar-refractivity contribution < 1.29 is 8.78 Å². The molecule has 1 aromatic carbocycles. The van der Waals surface area contributed by atoms with Crippen LogP contribution in [-0.2, 0) is 0 Å². The Balaban J connectivity index is 2.29. The average molecular weight is 253 g/mol. The molecular formula is C15H21F2N. The topological polar surface area (TPSA) is 26.0 Å². The molecule has 0 radical (unpaired) electrons. The highest BCUT2D eigenvalue weighted by Gasteiger charge is 2.31. The fourth-order valence-electron chi connectivity index (χ4n) is 3.15. The SMILES string of the molecule is CCC1CCC(CN)C(c2cc(F)ccc2F)C1. The zero-order valence-electron chi connectivity index (χ0n) is 10.8. The molecule has 3 atom stereocenters. The maximum Gasteiger partial charge on any atom is 0.126 e. The van der Waals surface area contributed by atoms with Crippen molar-refractivity contribution in [3.8, 4) is 0 Å². The molecule has 0 aromatic heterocycles. The van der Waals surface area contributed by atoms with E-state index < -0.39 is 0 Å². The Morgan fingerprint density at radius 2 is 2.06 bits per heavy atom. The van der Waals surface area contributed by atoms with E-state index in [0.717, 1.165) is 25.7 Å². The van der Waals surface area contributed by atoms with Gasteiger partial charge in [-0.1, -0.05) is 19.8 Å². The van der Waals surface area contributed by atoms with Crippen LogP contribution in [-0.4, -0.2) is 6.54 Å². The molecule has 18 heavy (non-hydrogen) atoms. The molecule has 1 saturated carbocycles. The van der Waals surface area contributed by atoms with Crippen LogP contribution in [0, 0.1) is 23.5 Å². The first-order valence-electron chi connectivity index (χ1n) is 6.80. The van der Waals surface area contributed by atoms with Gasteiger partial charge in [0.25, 0.3) is 0 Å². The van der Waals surface area contributed by atoms with Crippen molar-refractivity contribution in [3.63, 3.8) is 0 Å². The Morgan fingerprint density at radius 3 is 2.72 bits per heavy atom. The Labute approximate surface area is 107 Å². The molecule has 100 valence electrons. The van der Waals surface area contributed by atoms with E-state index in [-0.39, 0.29) is 23.5 Å². The molecule has 0 saturated heterocycles. The van der Waals surface area contributed by atoms with Gasteiger partial charge in [-0.05, 0) is 60.9 Å². The third-order valence-corrected chi connectivity index (χ3v) is 4.34. The van der Waals surface area contributed by atoms with Crippen molar-refractivity contribution in [1.82, 2.24) is 0 Å². The summed E-state index contributed by atoms with van der Waals surface area (Å²) >= 11 is 0. The van der Waals surface area contributed by atoms with Crippen LogP contribution in [0.25, 0.3) is 0 Å². The van der Waals surface area contributed by atoms with Gasteiger partial charge in [0.1, 0.15) is 11.6 Å². The number of rotatable bonds is 3. The fourth-order valence-corrected chi connectivity index (χ4v) is 3.15. The summed E-state index contributed by atoms with van der Waals surface area (Å²) in [6.45, 7) is 2.71. The van der Waals surface area contributed by atoms with Gasteiger partial charge in [-0.2, -0.15) is 0 Å². The first kappa shape index (κ1) is 13.5. The van der Waals surface area contributed by atoms with E-state index in [4.69, 9.17) is 5.73 Å². The van der Waals surface area contributed by atoms with Crippen LogP contribution in [0.2, 0.25) is 0 Å². The Bertz CT molecular complexity index is 405. The normalized spacial score (nSPS) is 28.3. The summed E-state index contributed by atoms with van der Waals surface area (Å²) in [5.74, 6) is 0.311. The second kappa shape index (κ2) is 5.79. The van der Waals surface area contributed by atoms with E-state index in [1.54, 1.807) is 0 Å². The minimum absolute atomic E-state index is 0.0735. The second-order valence-electron chi connectivity index (χ2n) is 5.36. The largest absolute Gasteiger partial charge is 0.330 e. The van der Waals surface area contributed by atoms with Crippen molar-refractivity contribution >= 4 is 0 Å². The highest BCUT2D eigenvalue weighted by Crippen LogP contribution is 2.42. The van der Waals surface area contributed by atoms with Gasteiger partial charge in [-0.3, -0.25) is 0 Å². The molecule has 1 nitrogen and oxygen atoms in total. The van der Waals surface area contributed by atoms with Crippen LogP contribution >= 0.6 is 0 Å². The van der Waals surface area contributed by atoms with Crippen molar-refractivity contribution in [2.45, 2.75) is 38.5 Å². The molecule has 3 heteroatoms. The standard InChI is InChI=1S/C15H21F2N/c1-2-10-3-4-11(9-18)13(7-10)14-8-12(16)5-6-15(14)17/h5-6,8,10-11,13H,2-4,7,9,18H2,1H3. The van der Waals surface area contributed by atoms with E-state index in [2.05, 4.69) is 6.92 Å². The molecule has 0 bridgehead atoms. The minimum atomic E-state index is -0.360. The van der Waals surface area contributed by atoms with E-state index in [9.17, 15) is 8.78 Å². The van der Waals surface area contributed by atoms with E-state index in [0.29, 0.717) is 18.0 Å². The lowest BCUT2D eigenvalue weighted by Gasteiger charge is -2.35. The van der Waals surface area contributed by atoms with Crippen molar-refractivity contribution in [3.05, 3.63) is 35.4 Å². The van der Waals surface area contributed by atoms with Gasteiger partial charge in [0.15, 0.2) is 0 Å². The summed E-state index contributed by atoms with van der Waals surface area (Å²) < 4.78 is 27.2. The molecule has 0 aliphatic heterocycles.